The molecular weight excluding hydrogens is 334 g/mol. The van der Waals surface area contributed by atoms with Crippen LogP contribution in [0.5, 0.6) is 0 Å². The zero-order valence-corrected chi connectivity index (χ0v) is 15.7. The van der Waals surface area contributed by atoms with E-state index in [1.54, 1.807) is 0 Å². The van der Waals surface area contributed by atoms with Gasteiger partial charge in [0.1, 0.15) is 0 Å². The molecule has 3 fully saturated rings. The van der Waals surface area contributed by atoms with Crippen LogP contribution in [-0.2, 0) is 22.4 Å². The second kappa shape index (κ2) is 6.23. The maximum atomic E-state index is 13.2. The van der Waals surface area contributed by atoms with Crippen molar-refractivity contribution in [3.05, 3.63) is 10.6 Å². The van der Waals surface area contributed by atoms with Crippen molar-refractivity contribution in [3.63, 3.8) is 0 Å². The Balaban J connectivity index is 1.30. The molecule has 1 aromatic heterocycles. The molecule has 5 rings (SSSR count). The molecule has 0 radical (unpaired) electrons. The van der Waals surface area contributed by atoms with Crippen LogP contribution < -0.4 is 4.90 Å². The van der Waals surface area contributed by atoms with E-state index >= 15 is 0 Å². The number of anilines is 1. The SMILES string of the molecule is O=C(C1CCc2sc(N3CCOCC3)nc2C1)N1CCCCC12CC2. The van der Waals surface area contributed by atoms with Gasteiger partial charge in [-0.05, 0) is 44.9 Å². The van der Waals surface area contributed by atoms with Gasteiger partial charge in [0.15, 0.2) is 5.13 Å². The van der Waals surface area contributed by atoms with Crippen LogP contribution in [0.4, 0.5) is 5.13 Å². The molecule has 2 saturated heterocycles. The number of fused-ring (bicyclic) bond motifs is 1. The summed E-state index contributed by atoms with van der Waals surface area (Å²) >= 11 is 1.84. The molecule has 25 heavy (non-hydrogen) atoms. The molecule has 0 N–H and O–H groups in total. The summed E-state index contributed by atoms with van der Waals surface area (Å²) in [5.41, 5.74) is 1.45. The Labute approximate surface area is 153 Å². The van der Waals surface area contributed by atoms with E-state index < -0.39 is 0 Å². The molecule has 1 atom stereocenters. The Morgan fingerprint density at radius 1 is 1.16 bits per heavy atom. The molecule has 6 heteroatoms. The third kappa shape index (κ3) is 2.87. The normalized spacial score (nSPS) is 28.1. The number of piperidine rings is 1. The Morgan fingerprint density at radius 3 is 2.80 bits per heavy atom. The standard InChI is InChI=1S/C19H27N3O2S/c23-17(22-8-2-1-5-19(22)6-7-19)14-3-4-16-15(13-14)20-18(25-16)21-9-11-24-12-10-21/h14H,1-13H2. The number of hydrogen-bond donors (Lipinski definition) is 0. The number of nitrogens with zero attached hydrogens (tertiary/aromatic N) is 3. The fourth-order valence-corrected chi connectivity index (χ4v) is 5.95. The van der Waals surface area contributed by atoms with Crippen molar-refractivity contribution in [2.45, 2.75) is 56.9 Å². The van der Waals surface area contributed by atoms with Crippen LogP contribution in [-0.4, -0.2) is 54.2 Å². The van der Waals surface area contributed by atoms with Crippen molar-refractivity contribution in [1.82, 2.24) is 9.88 Å². The lowest BCUT2D eigenvalue weighted by Gasteiger charge is -2.39. The van der Waals surface area contributed by atoms with Crippen molar-refractivity contribution in [2.75, 3.05) is 37.7 Å². The number of rotatable bonds is 2. The van der Waals surface area contributed by atoms with Crippen LogP contribution in [0.15, 0.2) is 0 Å². The van der Waals surface area contributed by atoms with Crippen molar-refractivity contribution < 1.29 is 9.53 Å². The third-order valence-corrected chi connectivity index (χ3v) is 7.72. The minimum Gasteiger partial charge on any atom is -0.378 e. The predicted octanol–water partition coefficient (Wildman–Crippen LogP) is 2.63. The number of hydrogen-bond acceptors (Lipinski definition) is 5. The first kappa shape index (κ1) is 16.1. The second-order valence-corrected chi connectivity index (χ2v) is 9.14. The van der Waals surface area contributed by atoms with Gasteiger partial charge >= 0.3 is 0 Å². The summed E-state index contributed by atoms with van der Waals surface area (Å²) in [4.78, 5) is 24.1. The Kier molecular flexibility index (Phi) is 4.01. The maximum absolute atomic E-state index is 13.2. The van der Waals surface area contributed by atoms with Gasteiger partial charge in [-0.3, -0.25) is 4.79 Å². The number of aryl methyl sites for hydroxylation is 1. The monoisotopic (exact) mass is 361 g/mol. The van der Waals surface area contributed by atoms with Gasteiger partial charge in [-0.25, -0.2) is 4.98 Å². The zero-order chi connectivity index (χ0) is 16.9. The van der Waals surface area contributed by atoms with Crippen LogP contribution in [0.2, 0.25) is 0 Å². The van der Waals surface area contributed by atoms with Crippen LogP contribution in [0.1, 0.15) is 49.1 Å². The molecule has 1 aromatic rings. The number of likely N-dealkylation sites (tertiary alicyclic amines) is 1. The molecule has 2 aliphatic heterocycles. The van der Waals surface area contributed by atoms with Gasteiger partial charge in [-0.15, -0.1) is 11.3 Å². The van der Waals surface area contributed by atoms with Gasteiger partial charge in [0.25, 0.3) is 0 Å². The molecule has 5 nitrogen and oxygen atoms in total. The van der Waals surface area contributed by atoms with E-state index in [0.717, 1.165) is 57.2 Å². The van der Waals surface area contributed by atoms with E-state index in [4.69, 9.17) is 9.72 Å². The lowest BCUT2D eigenvalue weighted by atomic mass is 9.88. The topological polar surface area (TPSA) is 45.7 Å². The lowest BCUT2D eigenvalue weighted by molar-refractivity contribution is -0.140. The quantitative estimate of drug-likeness (QED) is 0.812. The first-order valence-corrected chi connectivity index (χ1v) is 10.7. The smallest absolute Gasteiger partial charge is 0.226 e. The average Bonchev–Trinajstić information content (AvgIpc) is 3.28. The van der Waals surface area contributed by atoms with Gasteiger partial charge in [-0.1, -0.05) is 0 Å². The van der Waals surface area contributed by atoms with Gasteiger partial charge in [-0.2, -0.15) is 0 Å². The van der Waals surface area contributed by atoms with Gasteiger partial charge in [0.2, 0.25) is 5.91 Å². The highest BCUT2D eigenvalue weighted by Crippen LogP contribution is 2.49. The van der Waals surface area contributed by atoms with Gasteiger partial charge < -0.3 is 14.5 Å². The first-order valence-electron chi connectivity index (χ1n) is 9.88. The molecule has 1 saturated carbocycles. The molecular formula is C19H27N3O2S. The highest BCUT2D eigenvalue weighted by atomic mass is 32.1. The number of aromatic nitrogens is 1. The molecule has 3 heterocycles. The van der Waals surface area contributed by atoms with Crippen molar-refractivity contribution in [1.29, 1.82) is 0 Å². The molecule has 1 spiro atoms. The summed E-state index contributed by atoms with van der Waals surface area (Å²) < 4.78 is 5.45. The minimum absolute atomic E-state index is 0.155. The Hall–Kier alpha value is -1.14. The van der Waals surface area contributed by atoms with E-state index in [9.17, 15) is 4.79 Å². The fraction of sp³-hybridized carbons (Fsp3) is 0.789. The van der Waals surface area contributed by atoms with Crippen molar-refractivity contribution >= 4 is 22.4 Å². The molecule has 0 aromatic carbocycles. The van der Waals surface area contributed by atoms with Crippen LogP contribution >= 0.6 is 11.3 Å². The van der Waals surface area contributed by atoms with Crippen LogP contribution in [0, 0.1) is 5.92 Å². The maximum Gasteiger partial charge on any atom is 0.226 e. The molecule has 1 amide bonds. The number of carbonyl (C=O) groups is 1. The van der Waals surface area contributed by atoms with E-state index in [0.29, 0.717) is 5.91 Å². The van der Waals surface area contributed by atoms with E-state index in [1.165, 1.54) is 42.7 Å². The number of ether oxygens (including phenoxy) is 1. The minimum atomic E-state index is 0.155. The van der Waals surface area contributed by atoms with Crippen molar-refractivity contribution in [2.24, 2.45) is 5.92 Å². The van der Waals surface area contributed by atoms with Gasteiger partial charge in [0, 0.05) is 42.4 Å². The first-order chi connectivity index (χ1) is 12.3. The third-order valence-electron chi connectivity index (χ3n) is 6.50. The lowest BCUT2D eigenvalue weighted by Crippen LogP contribution is -2.49. The van der Waals surface area contributed by atoms with Crippen LogP contribution in [0.25, 0.3) is 0 Å². The average molecular weight is 362 g/mol. The molecule has 0 bridgehead atoms. The summed E-state index contributed by atoms with van der Waals surface area (Å²) in [6, 6.07) is 0. The second-order valence-electron chi connectivity index (χ2n) is 8.08. The summed E-state index contributed by atoms with van der Waals surface area (Å²) in [5, 5.41) is 1.14. The number of thiazole rings is 1. The Morgan fingerprint density at radius 2 is 2.00 bits per heavy atom. The van der Waals surface area contributed by atoms with E-state index in [-0.39, 0.29) is 11.5 Å². The van der Waals surface area contributed by atoms with Crippen molar-refractivity contribution in [3.8, 4) is 0 Å². The largest absolute Gasteiger partial charge is 0.378 e. The summed E-state index contributed by atoms with van der Waals surface area (Å²) in [5.74, 6) is 0.575. The summed E-state index contributed by atoms with van der Waals surface area (Å²) in [7, 11) is 0. The molecule has 1 unspecified atom stereocenters. The highest BCUT2D eigenvalue weighted by molar-refractivity contribution is 7.15. The predicted molar refractivity (Wildman–Crippen MR) is 98.2 cm³/mol. The number of amides is 1. The van der Waals surface area contributed by atoms with E-state index in [2.05, 4.69) is 9.80 Å². The molecule has 2 aliphatic carbocycles. The zero-order valence-electron chi connectivity index (χ0n) is 14.8. The number of morpholine rings is 1. The summed E-state index contributed by atoms with van der Waals surface area (Å²) in [6.45, 7) is 4.44. The van der Waals surface area contributed by atoms with Crippen LogP contribution in [0.3, 0.4) is 0 Å². The number of carbonyl (C=O) groups excluding carboxylic acids is 1. The van der Waals surface area contributed by atoms with Gasteiger partial charge in [0.05, 0.1) is 18.9 Å². The summed E-state index contributed by atoms with van der Waals surface area (Å²) in [6.07, 6.45) is 9.05. The molecule has 136 valence electrons. The highest BCUT2D eigenvalue weighted by Gasteiger charge is 2.51. The molecule has 4 aliphatic rings. The van der Waals surface area contributed by atoms with E-state index in [1.807, 2.05) is 11.3 Å². The fourth-order valence-electron chi connectivity index (χ4n) is 4.79. The Bertz CT molecular complexity index is 664.